The van der Waals surface area contributed by atoms with Gasteiger partial charge in [-0.05, 0) is 23.8 Å². The largest absolute Gasteiger partial charge is 0.496 e. The van der Waals surface area contributed by atoms with Gasteiger partial charge in [0, 0.05) is 23.9 Å². The number of imidazole rings is 1. The molecule has 4 aromatic rings. The van der Waals surface area contributed by atoms with Crippen LogP contribution in [-0.4, -0.2) is 54.5 Å². The van der Waals surface area contributed by atoms with Gasteiger partial charge in [-0.3, -0.25) is 14.3 Å². The highest BCUT2D eigenvalue weighted by Gasteiger charge is 2.27. The monoisotopic (exact) mass is 486 g/mol. The van der Waals surface area contributed by atoms with Gasteiger partial charge in [-0.25, -0.2) is 18.2 Å². The quantitative estimate of drug-likeness (QED) is 0.372. The summed E-state index contributed by atoms with van der Waals surface area (Å²) in [7, 11) is 4.17. The lowest BCUT2D eigenvalue weighted by Gasteiger charge is -2.17. The summed E-state index contributed by atoms with van der Waals surface area (Å²) in [6.45, 7) is 0. The number of halogens is 3. The van der Waals surface area contributed by atoms with E-state index in [2.05, 4.69) is 9.97 Å². The minimum absolute atomic E-state index is 0.0132. The van der Waals surface area contributed by atoms with E-state index in [1.807, 2.05) is 24.3 Å². The Balaban J connectivity index is 1.74. The molecule has 2 heterocycles. The number of aromatic nitrogens is 3. The van der Waals surface area contributed by atoms with E-state index in [-0.39, 0.29) is 17.1 Å². The zero-order chi connectivity index (χ0) is 25.1. The maximum Gasteiger partial charge on any atom is 0.287 e. The van der Waals surface area contributed by atoms with Crippen LogP contribution in [0.1, 0.15) is 10.4 Å². The Morgan fingerprint density at radius 3 is 2.29 bits per heavy atom. The lowest BCUT2D eigenvalue weighted by molar-refractivity contribution is 0.0285. The number of carbonyl (C=O) groups is 1. The molecule has 182 valence electrons. The van der Waals surface area contributed by atoms with Gasteiger partial charge < -0.3 is 19.5 Å². The van der Waals surface area contributed by atoms with Crippen molar-refractivity contribution in [1.29, 1.82) is 0 Å². The second-order valence-corrected chi connectivity index (χ2v) is 7.37. The SMILES string of the molecule is COc1cncc(-c2ccc3c(c2)ncn3-c2cc(OC)c(C(=O)NC(F)C(F)F)c(OC)c2)c1. The third kappa shape index (κ3) is 4.70. The number of nitrogens with zero attached hydrogens (tertiary/aromatic N) is 3. The molecule has 35 heavy (non-hydrogen) atoms. The zero-order valence-electron chi connectivity index (χ0n) is 19.0. The van der Waals surface area contributed by atoms with Crippen LogP contribution in [0.25, 0.3) is 27.8 Å². The van der Waals surface area contributed by atoms with Crippen LogP contribution < -0.4 is 19.5 Å². The molecule has 0 bridgehead atoms. The van der Waals surface area contributed by atoms with Crippen molar-refractivity contribution in [1.82, 2.24) is 19.9 Å². The summed E-state index contributed by atoms with van der Waals surface area (Å²) in [5.74, 6) is -0.437. The van der Waals surface area contributed by atoms with Crippen molar-refractivity contribution in [3.63, 3.8) is 0 Å². The van der Waals surface area contributed by atoms with E-state index in [4.69, 9.17) is 14.2 Å². The van der Waals surface area contributed by atoms with Crippen LogP contribution >= 0.6 is 0 Å². The van der Waals surface area contributed by atoms with Crippen molar-refractivity contribution in [2.75, 3.05) is 21.3 Å². The van der Waals surface area contributed by atoms with Crippen LogP contribution in [0.5, 0.6) is 17.2 Å². The summed E-state index contributed by atoms with van der Waals surface area (Å²) in [5, 5.41) is 1.61. The summed E-state index contributed by atoms with van der Waals surface area (Å²) < 4.78 is 56.1. The summed E-state index contributed by atoms with van der Waals surface area (Å²) in [6, 6.07) is 10.5. The first kappa shape index (κ1) is 23.9. The first-order chi connectivity index (χ1) is 16.9. The van der Waals surface area contributed by atoms with E-state index in [0.29, 0.717) is 17.0 Å². The van der Waals surface area contributed by atoms with Crippen molar-refractivity contribution < 1.29 is 32.2 Å². The van der Waals surface area contributed by atoms with Crippen molar-refractivity contribution in [3.8, 4) is 34.1 Å². The highest BCUT2D eigenvalue weighted by molar-refractivity contribution is 6.00. The number of carbonyl (C=O) groups excluding carboxylic acids is 1. The fourth-order valence-electron chi connectivity index (χ4n) is 3.61. The molecule has 4 rings (SSSR count). The Hall–Kier alpha value is -4.28. The van der Waals surface area contributed by atoms with Gasteiger partial charge in [0.2, 0.25) is 6.30 Å². The number of amides is 1. The van der Waals surface area contributed by atoms with E-state index >= 15 is 0 Å². The maximum atomic E-state index is 13.4. The van der Waals surface area contributed by atoms with E-state index in [0.717, 1.165) is 16.6 Å². The standard InChI is InChI=1S/C24H21F3N4O4/c1-33-16-6-14(10-28-11-16)13-4-5-18-17(7-13)29-12-31(18)15-8-19(34-2)21(20(9-15)35-3)24(32)30-23(27)22(25)26/h4-12,22-23H,1-3H3,(H,30,32). The summed E-state index contributed by atoms with van der Waals surface area (Å²) in [5.41, 5.74) is 3.49. The second-order valence-electron chi connectivity index (χ2n) is 7.37. The lowest BCUT2D eigenvalue weighted by atomic mass is 10.1. The van der Waals surface area contributed by atoms with Gasteiger partial charge in [-0.2, -0.15) is 0 Å². The molecule has 2 aromatic heterocycles. The number of fused-ring (bicyclic) bond motifs is 1. The Bertz CT molecular complexity index is 1350. The number of benzene rings is 2. The Labute approximate surface area is 198 Å². The molecule has 0 aliphatic carbocycles. The highest BCUT2D eigenvalue weighted by Crippen LogP contribution is 2.34. The van der Waals surface area contributed by atoms with Crippen molar-refractivity contribution in [2.45, 2.75) is 12.7 Å². The van der Waals surface area contributed by atoms with Gasteiger partial charge in [-0.1, -0.05) is 6.07 Å². The van der Waals surface area contributed by atoms with Crippen molar-refractivity contribution >= 4 is 16.9 Å². The molecule has 1 unspecified atom stereocenters. The molecule has 0 saturated carbocycles. The van der Waals surface area contributed by atoms with Gasteiger partial charge >= 0.3 is 0 Å². The van der Waals surface area contributed by atoms with Crippen LogP contribution in [0.4, 0.5) is 13.2 Å². The Kier molecular flexibility index (Phi) is 6.76. The number of ether oxygens (including phenoxy) is 3. The lowest BCUT2D eigenvalue weighted by Crippen LogP contribution is -2.36. The maximum absolute atomic E-state index is 13.4. The summed E-state index contributed by atoms with van der Waals surface area (Å²) >= 11 is 0. The number of pyridine rings is 1. The molecule has 0 aliphatic heterocycles. The zero-order valence-corrected chi connectivity index (χ0v) is 19.0. The third-order valence-corrected chi connectivity index (χ3v) is 5.32. The topological polar surface area (TPSA) is 87.5 Å². The minimum atomic E-state index is -3.37. The fraction of sp³-hybridized carbons (Fsp3) is 0.208. The van der Waals surface area contributed by atoms with Crippen LogP contribution in [0.3, 0.4) is 0 Å². The van der Waals surface area contributed by atoms with E-state index < -0.39 is 18.6 Å². The van der Waals surface area contributed by atoms with Crippen molar-refractivity contribution in [3.05, 3.63) is 60.7 Å². The van der Waals surface area contributed by atoms with Crippen LogP contribution in [0, 0.1) is 0 Å². The fourth-order valence-corrected chi connectivity index (χ4v) is 3.61. The smallest absolute Gasteiger partial charge is 0.287 e. The Morgan fingerprint density at radius 2 is 1.66 bits per heavy atom. The van der Waals surface area contributed by atoms with Gasteiger partial charge in [0.15, 0.2) is 0 Å². The molecular weight excluding hydrogens is 465 g/mol. The number of rotatable bonds is 8. The summed E-state index contributed by atoms with van der Waals surface area (Å²) in [6.07, 6.45) is -1.28. The average Bonchev–Trinajstić information content (AvgIpc) is 3.31. The number of methoxy groups -OCH3 is 3. The van der Waals surface area contributed by atoms with Gasteiger partial charge in [0.25, 0.3) is 12.3 Å². The number of hydrogen-bond acceptors (Lipinski definition) is 6. The van der Waals surface area contributed by atoms with E-state index in [1.54, 1.807) is 35.7 Å². The van der Waals surface area contributed by atoms with Crippen LogP contribution in [0.15, 0.2) is 55.1 Å². The molecule has 2 aromatic carbocycles. The van der Waals surface area contributed by atoms with Crippen LogP contribution in [0.2, 0.25) is 0 Å². The predicted molar refractivity (Wildman–Crippen MR) is 122 cm³/mol. The molecule has 0 radical (unpaired) electrons. The Morgan fingerprint density at radius 1 is 0.943 bits per heavy atom. The van der Waals surface area contributed by atoms with E-state index in [1.165, 1.54) is 26.4 Å². The molecule has 0 aliphatic rings. The molecular formula is C24H21F3N4O4. The summed E-state index contributed by atoms with van der Waals surface area (Å²) in [4.78, 5) is 21.1. The second kappa shape index (κ2) is 9.92. The number of hydrogen-bond donors (Lipinski definition) is 1. The van der Waals surface area contributed by atoms with E-state index in [9.17, 15) is 18.0 Å². The van der Waals surface area contributed by atoms with Gasteiger partial charge in [-0.15, -0.1) is 0 Å². The molecule has 0 spiro atoms. The normalized spacial score (nSPS) is 12.0. The predicted octanol–water partition coefficient (Wildman–Crippen LogP) is 4.40. The molecule has 1 N–H and O–H groups in total. The van der Waals surface area contributed by atoms with Gasteiger partial charge in [0.05, 0.1) is 44.2 Å². The molecule has 1 amide bonds. The van der Waals surface area contributed by atoms with Gasteiger partial charge in [0.1, 0.15) is 29.1 Å². The molecule has 1 atom stereocenters. The number of nitrogens with one attached hydrogen (secondary N) is 1. The van der Waals surface area contributed by atoms with Crippen LogP contribution in [-0.2, 0) is 0 Å². The average molecular weight is 486 g/mol. The van der Waals surface area contributed by atoms with Crippen molar-refractivity contribution in [2.24, 2.45) is 0 Å². The number of alkyl halides is 3. The highest BCUT2D eigenvalue weighted by atomic mass is 19.3. The third-order valence-electron chi connectivity index (χ3n) is 5.32. The molecule has 0 fully saturated rings. The molecule has 11 heteroatoms. The first-order valence-corrected chi connectivity index (χ1v) is 10.3. The molecule has 8 nitrogen and oxygen atoms in total. The minimum Gasteiger partial charge on any atom is -0.496 e. The first-order valence-electron chi connectivity index (χ1n) is 10.3. The molecule has 0 saturated heterocycles.